The molecule has 14 heavy (non-hydrogen) atoms. The molecular formula is C9H14N2O2S. The van der Waals surface area contributed by atoms with Gasteiger partial charge in [-0.25, -0.2) is 4.98 Å². The summed E-state index contributed by atoms with van der Waals surface area (Å²) in [6.45, 7) is 0.654. The Morgan fingerprint density at radius 1 is 1.57 bits per heavy atom. The van der Waals surface area contributed by atoms with Crippen molar-refractivity contribution in [2.45, 2.75) is 25.8 Å². The molecule has 1 heterocycles. The summed E-state index contributed by atoms with van der Waals surface area (Å²) < 4.78 is 0. The van der Waals surface area contributed by atoms with Crippen LogP contribution in [-0.2, 0) is 11.3 Å². The van der Waals surface area contributed by atoms with E-state index >= 15 is 0 Å². The minimum Gasteiger partial charge on any atom is -0.396 e. The minimum absolute atomic E-state index is 0.0199. The molecule has 4 nitrogen and oxygen atoms in total. The Morgan fingerprint density at radius 3 is 3.07 bits per heavy atom. The standard InChI is InChI=1S/C9H14N2O2S/c12-4-2-1-3-9(13)10-5-8-6-14-7-11-8/h6-7,12H,1-5H2,(H,10,13). The molecule has 0 aromatic carbocycles. The molecule has 0 bridgehead atoms. The molecule has 0 aliphatic carbocycles. The Morgan fingerprint density at radius 2 is 2.43 bits per heavy atom. The summed E-state index contributed by atoms with van der Waals surface area (Å²) >= 11 is 1.52. The van der Waals surface area contributed by atoms with Crippen LogP contribution < -0.4 is 5.32 Å². The Kier molecular flexibility index (Phi) is 5.17. The molecular weight excluding hydrogens is 200 g/mol. The van der Waals surface area contributed by atoms with Crippen molar-refractivity contribution in [1.29, 1.82) is 0 Å². The maximum absolute atomic E-state index is 11.2. The van der Waals surface area contributed by atoms with Gasteiger partial charge >= 0.3 is 0 Å². The molecule has 0 unspecified atom stereocenters. The number of aromatic nitrogens is 1. The number of hydrogen-bond donors (Lipinski definition) is 2. The number of thiazole rings is 1. The van der Waals surface area contributed by atoms with Crippen molar-refractivity contribution in [2.75, 3.05) is 6.61 Å². The molecule has 2 N–H and O–H groups in total. The van der Waals surface area contributed by atoms with Gasteiger partial charge in [-0.05, 0) is 12.8 Å². The third-order valence-electron chi connectivity index (χ3n) is 1.76. The van der Waals surface area contributed by atoms with Crippen molar-refractivity contribution in [3.05, 3.63) is 16.6 Å². The number of hydrogen-bond acceptors (Lipinski definition) is 4. The fourth-order valence-electron chi connectivity index (χ4n) is 1.000. The van der Waals surface area contributed by atoms with Crippen LogP contribution in [0.25, 0.3) is 0 Å². The van der Waals surface area contributed by atoms with E-state index in [0.717, 1.165) is 12.1 Å². The average molecular weight is 214 g/mol. The van der Waals surface area contributed by atoms with Crippen LogP contribution in [0.1, 0.15) is 25.0 Å². The van der Waals surface area contributed by atoms with Crippen LogP contribution in [0, 0.1) is 0 Å². The van der Waals surface area contributed by atoms with Gasteiger partial charge in [-0.1, -0.05) is 0 Å². The van der Waals surface area contributed by atoms with E-state index < -0.39 is 0 Å². The zero-order valence-electron chi connectivity index (χ0n) is 7.90. The molecule has 1 aromatic rings. The number of aliphatic hydroxyl groups excluding tert-OH is 1. The molecule has 0 aliphatic heterocycles. The summed E-state index contributed by atoms with van der Waals surface area (Å²) in [4.78, 5) is 15.2. The maximum Gasteiger partial charge on any atom is 0.220 e. The summed E-state index contributed by atoms with van der Waals surface area (Å²) in [7, 11) is 0. The number of unbranched alkanes of at least 4 members (excludes halogenated alkanes) is 1. The molecule has 78 valence electrons. The molecule has 0 saturated carbocycles. The fourth-order valence-corrected chi connectivity index (χ4v) is 1.56. The fraction of sp³-hybridized carbons (Fsp3) is 0.556. The van der Waals surface area contributed by atoms with Crippen LogP contribution in [0.2, 0.25) is 0 Å². The molecule has 0 aliphatic rings. The van der Waals surface area contributed by atoms with Gasteiger partial charge < -0.3 is 10.4 Å². The van der Waals surface area contributed by atoms with Gasteiger partial charge in [0.25, 0.3) is 0 Å². The molecule has 0 radical (unpaired) electrons. The SMILES string of the molecule is O=C(CCCCO)NCc1cscn1. The Balaban J connectivity index is 2.09. The van der Waals surface area contributed by atoms with E-state index in [0.29, 0.717) is 19.4 Å². The van der Waals surface area contributed by atoms with Crippen molar-refractivity contribution in [2.24, 2.45) is 0 Å². The van der Waals surface area contributed by atoms with E-state index in [1.807, 2.05) is 5.38 Å². The Hall–Kier alpha value is -0.940. The van der Waals surface area contributed by atoms with E-state index in [4.69, 9.17) is 5.11 Å². The molecule has 0 atom stereocenters. The second kappa shape index (κ2) is 6.50. The largest absolute Gasteiger partial charge is 0.396 e. The van der Waals surface area contributed by atoms with E-state index in [-0.39, 0.29) is 12.5 Å². The first-order valence-electron chi connectivity index (χ1n) is 4.57. The van der Waals surface area contributed by atoms with Gasteiger partial charge in [0.1, 0.15) is 0 Å². The van der Waals surface area contributed by atoms with Crippen molar-refractivity contribution < 1.29 is 9.90 Å². The first kappa shape index (κ1) is 11.1. The lowest BCUT2D eigenvalue weighted by Gasteiger charge is -2.01. The Labute approximate surface area is 87.0 Å². The van der Waals surface area contributed by atoms with Crippen LogP contribution in [0.4, 0.5) is 0 Å². The molecule has 0 fully saturated rings. The molecule has 1 rings (SSSR count). The summed E-state index contributed by atoms with van der Waals surface area (Å²) in [6, 6.07) is 0. The average Bonchev–Trinajstić information content (AvgIpc) is 2.68. The molecule has 0 spiro atoms. The molecule has 0 saturated heterocycles. The lowest BCUT2D eigenvalue weighted by atomic mass is 10.2. The zero-order chi connectivity index (χ0) is 10.2. The monoisotopic (exact) mass is 214 g/mol. The molecule has 1 aromatic heterocycles. The number of carbonyl (C=O) groups is 1. The van der Waals surface area contributed by atoms with Gasteiger partial charge in [0.15, 0.2) is 0 Å². The van der Waals surface area contributed by atoms with Crippen LogP contribution in [0.3, 0.4) is 0 Å². The van der Waals surface area contributed by atoms with Gasteiger partial charge in [0, 0.05) is 18.4 Å². The van der Waals surface area contributed by atoms with Crippen molar-refractivity contribution >= 4 is 17.2 Å². The van der Waals surface area contributed by atoms with Gasteiger partial charge in [0.2, 0.25) is 5.91 Å². The van der Waals surface area contributed by atoms with Crippen LogP contribution in [-0.4, -0.2) is 22.6 Å². The number of carbonyl (C=O) groups excluding carboxylic acids is 1. The first-order chi connectivity index (χ1) is 6.83. The van der Waals surface area contributed by atoms with Crippen LogP contribution in [0.5, 0.6) is 0 Å². The van der Waals surface area contributed by atoms with Gasteiger partial charge in [-0.3, -0.25) is 4.79 Å². The highest BCUT2D eigenvalue weighted by Gasteiger charge is 2.01. The van der Waals surface area contributed by atoms with Crippen molar-refractivity contribution in [3.63, 3.8) is 0 Å². The van der Waals surface area contributed by atoms with Gasteiger partial charge in [-0.15, -0.1) is 11.3 Å². The van der Waals surface area contributed by atoms with E-state index in [1.165, 1.54) is 11.3 Å². The molecule has 1 amide bonds. The molecule has 5 heteroatoms. The van der Waals surface area contributed by atoms with Crippen LogP contribution >= 0.6 is 11.3 Å². The summed E-state index contributed by atoms with van der Waals surface area (Å²) in [6.07, 6.45) is 1.90. The number of nitrogens with zero attached hydrogens (tertiary/aromatic N) is 1. The van der Waals surface area contributed by atoms with Gasteiger partial charge in [-0.2, -0.15) is 0 Å². The van der Waals surface area contributed by atoms with Crippen LogP contribution in [0.15, 0.2) is 10.9 Å². The van der Waals surface area contributed by atoms with E-state index in [2.05, 4.69) is 10.3 Å². The first-order valence-corrected chi connectivity index (χ1v) is 5.52. The lowest BCUT2D eigenvalue weighted by molar-refractivity contribution is -0.121. The number of aliphatic hydroxyl groups is 1. The van der Waals surface area contributed by atoms with Crippen molar-refractivity contribution in [3.8, 4) is 0 Å². The quantitative estimate of drug-likeness (QED) is 0.692. The highest BCUT2D eigenvalue weighted by molar-refractivity contribution is 7.07. The predicted molar refractivity (Wildman–Crippen MR) is 54.9 cm³/mol. The third-order valence-corrected chi connectivity index (χ3v) is 2.40. The smallest absolute Gasteiger partial charge is 0.220 e. The van der Waals surface area contributed by atoms with E-state index in [9.17, 15) is 4.79 Å². The van der Waals surface area contributed by atoms with Crippen molar-refractivity contribution in [1.82, 2.24) is 10.3 Å². The second-order valence-electron chi connectivity index (χ2n) is 2.94. The second-order valence-corrected chi connectivity index (χ2v) is 3.66. The summed E-state index contributed by atoms with van der Waals surface area (Å²) in [5.41, 5.74) is 2.64. The topological polar surface area (TPSA) is 62.2 Å². The summed E-state index contributed by atoms with van der Waals surface area (Å²) in [5.74, 6) is 0.0199. The number of amides is 1. The third kappa shape index (κ3) is 4.34. The normalized spacial score (nSPS) is 10.1. The number of nitrogens with one attached hydrogen (secondary N) is 1. The highest BCUT2D eigenvalue weighted by Crippen LogP contribution is 2.00. The zero-order valence-corrected chi connectivity index (χ0v) is 8.72. The summed E-state index contributed by atoms with van der Waals surface area (Å²) in [5, 5.41) is 13.2. The maximum atomic E-state index is 11.2. The minimum atomic E-state index is 0.0199. The lowest BCUT2D eigenvalue weighted by Crippen LogP contribution is -2.22. The highest BCUT2D eigenvalue weighted by atomic mass is 32.1. The predicted octanol–water partition coefficient (Wildman–Crippen LogP) is 0.922. The number of rotatable bonds is 6. The van der Waals surface area contributed by atoms with E-state index in [1.54, 1.807) is 5.51 Å². The van der Waals surface area contributed by atoms with Gasteiger partial charge in [0.05, 0.1) is 17.7 Å². The Bertz CT molecular complexity index is 262.